The molecule has 2 saturated heterocycles. The zero-order chi connectivity index (χ0) is 27.2. The van der Waals surface area contributed by atoms with Gasteiger partial charge >= 0.3 is 6.03 Å². The van der Waals surface area contributed by atoms with Gasteiger partial charge in [-0.15, -0.1) is 0 Å². The molecule has 2 N–H and O–H groups in total. The molecule has 0 bridgehead atoms. The lowest BCUT2D eigenvalue weighted by Crippen LogP contribution is -2.58. The number of nitrogens with one attached hydrogen (secondary N) is 2. The predicted octanol–water partition coefficient (Wildman–Crippen LogP) is 3.68. The second-order valence-electron chi connectivity index (χ2n) is 9.85. The highest BCUT2D eigenvalue weighted by Crippen LogP contribution is 2.39. The van der Waals surface area contributed by atoms with Crippen LogP contribution in [0.15, 0.2) is 84.9 Å². The van der Waals surface area contributed by atoms with E-state index in [1.54, 1.807) is 41.2 Å². The van der Waals surface area contributed by atoms with Gasteiger partial charge in [0.05, 0.1) is 13.8 Å². The number of para-hydroxylation sites is 1. The highest BCUT2D eigenvalue weighted by molar-refractivity contribution is 5.99. The summed E-state index contributed by atoms with van der Waals surface area (Å²) in [5, 5.41) is 5.85. The normalized spacial score (nSPS) is 16.3. The quantitative estimate of drug-likeness (QED) is 0.489. The van der Waals surface area contributed by atoms with Gasteiger partial charge in [0.1, 0.15) is 17.8 Å². The number of hydrogen-bond acceptors (Lipinski definition) is 5. The van der Waals surface area contributed by atoms with Crippen molar-refractivity contribution < 1.29 is 19.1 Å². The van der Waals surface area contributed by atoms with Crippen molar-refractivity contribution in [3.63, 3.8) is 0 Å². The van der Waals surface area contributed by atoms with Crippen LogP contribution < -0.4 is 20.3 Å². The van der Waals surface area contributed by atoms with E-state index in [2.05, 4.69) is 15.5 Å². The topological polar surface area (TPSA) is 94.2 Å². The molecule has 0 aromatic heterocycles. The van der Waals surface area contributed by atoms with Gasteiger partial charge in [-0.1, -0.05) is 54.6 Å². The average Bonchev–Trinajstić information content (AvgIpc) is 3.23. The van der Waals surface area contributed by atoms with Gasteiger partial charge in [0.15, 0.2) is 0 Å². The van der Waals surface area contributed by atoms with Crippen molar-refractivity contribution in [2.45, 2.75) is 24.9 Å². The molecule has 39 heavy (non-hydrogen) atoms. The van der Waals surface area contributed by atoms with Gasteiger partial charge in [-0.2, -0.15) is 0 Å². The van der Waals surface area contributed by atoms with Gasteiger partial charge < -0.3 is 30.1 Å². The Morgan fingerprint density at radius 2 is 1.62 bits per heavy atom. The number of urea groups is 1. The van der Waals surface area contributed by atoms with E-state index in [1.165, 1.54) is 0 Å². The number of benzene rings is 3. The van der Waals surface area contributed by atoms with Crippen LogP contribution in [-0.4, -0.2) is 66.6 Å². The van der Waals surface area contributed by atoms with Crippen LogP contribution >= 0.6 is 0 Å². The lowest BCUT2D eigenvalue weighted by atomic mass is 9.85. The predicted molar refractivity (Wildman–Crippen MR) is 149 cm³/mol. The second-order valence-corrected chi connectivity index (χ2v) is 9.85. The highest BCUT2D eigenvalue weighted by atomic mass is 16.5. The molecule has 9 nitrogen and oxygen atoms in total. The Morgan fingerprint density at radius 1 is 0.923 bits per heavy atom. The largest absolute Gasteiger partial charge is 0.497 e. The lowest BCUT2D eigenvalue weighted by Gasteiger charge is -2.43. The number of amides is 4. The van der Waals surface area contributed by atoms with E-state index in [0.29, 0.717) is 50.6 Å². The molecule has 2 heterocycles. The molecule has 5 rings (SSSR count). The van der Waals surface area contributed by atoms with Crippen molar-refractivity contribution in [2.75, 3.05) is 43.6 Å². The molecule has 0 unspecified atom stereocenters. The Balaban J connectivity index is 1.27. The minimum absolute atomic E-state index is 0.0671. The standard InChI is InChI=1S/C30H33N5O4/c1-39-26-14-8-11-24(19-26)32-27(36)21-34-22-35(25-12-6-3-7-13-25)30(28(34)37)15-17-33(18-16-30)29(38)31-20-23-9-4-2-5-10-23/h2-14,19H,15-18,20-22H2,1H3,(H,31,38)(H,32,36). The van der Waals surface area contributed by atoms with Crippen molar-refractivity contribution in [1.29, 1.82) is 0 Å². The maximum absolute atomic E-state index is 13.9. The summed E-state index contributed by atoms with van der Waals surface area (Å²) < 4.78 is 5.23. The van der Waals surface area contributed by atoms with Crippen LogP contribution in [0.25, 0.3) is 0 Å². The summed E-state index contributed by atoms with van der Waals surface area (Å²) >= 11 is 0. The summed E-state index contributed by atoms with van der Waals surface area (Å²) in [5.41, 5.74) is 1.75. The molecule has 0 aliphatic carbocycles. The van der Waals surface area contributed by atoms with Crippen molar-refractivity contribution in [2.24, 2.45) is 0 Å². The molecule has 9 heteroatoms. The van der Waals surface area contributed by atoms with Crippen molar-refractivity contribution in [3.05, 3.63) is 90.5 Å². The Morgan fingerprint density at radius 3 is 2.31 bits per heavy atom. The first-order valence-electron chi connectivity index (χ1n) is 13.1. The lowest BCUT2D eigenvalue weighted by molar-refractivity contribution is -0.136. The van der Waals surface area contributed by atoms with E-state index in [-0.39, 0.29) is 24.4 Å². The number of carbonyl (C=O) groups is 3. The molecular weight excluding hydrogens is 494 g/mol. The number of ether oxygens (including phenoxy) is 1. The van der Waals surface area contributed by atoms with Crippen molar-refractivity contribution in [1.82, 2.24) is 15.1 Å². The molecule has 0 saturated carbocycles. The molecule has 2 fully saturated rings. The zero-order valence-corrected chi connectivity index (χ0v) is 22.0. The molecular formula is C30H33N5O4. The summed E-state index contributed by atoms with van der Waals surface area (Å²) in [6.45, 7) is 1.57. The Kier molecular flexibility index (Phi) is 7.67. The number of anilines is 2. The fourth-order valence-corrected chi connectivity index (χ4v) is 5.36. The molecule has 0 atom stereocenters. The van der Waals surface area contributed by atoms with Gasteiger partial charge in [0.2, 0.25) is 5.91 Å². The van der Waals surface area contributed by atoms with Crippen LogP contribution in [0.3, 0.4) is 0 Å². The molecule has 3 aromatic carbocycles. The molecule has 2 aliphatic rings. The third kappa shape index (κ3) is 5.67. The van der Waals surface area contributed by atoms with Gasteiger partial charge in [-0.3, -0.25) is 9.59 Å². The number of hydrogen-bond donors (Lipinski definition) is 2. The average molecular weight is 528 g/mol. The molecule has 202 valence electrons. The number of methoxy groups -OCH3 is 1. The van der Waals surface area contributed by atoms with Crippen LogP contribution in [0, 0.1) is 0 Å². The summed E-state index contributed by atoms with van der Waals surface area (Å²) in [6.07, 6.45) is 0.959. The smallest absolute Gasteiger partial charge is 0.317 e. The minimum atomic E-state index is -0.812. The number of carbonyl (C=O) groups excluding carboxylic acids is 3. The first-order valence-corrected chi connectivity index (χ1v) is 13.1. The molecule has 4 amide bonds. The Labute approximate surface area is 228 Å². The van der Waals surface area contributed by atoms with Gasteiger partial charge in [-0.05, 0) is 42.7 Å². The van der Waals surface area contributed by atoms with Crippen molar-refractivity contribution in [3.8, 4) is 5.75 Å². The Bertz CT molecular complexity index is 1310. The zero-order valence-electron chi connectivity index (χ0n) is 22.0. The number of likely N-dealkylation sites (tertiary alicyclic amines) is 1. The first kappa shape index (κ1) is 26.1. The first-order chi connectivity index (χ1) is 19.0. The van der Waals surface area contributed by atoms with E-state index >= 15 is 0 Å². The molecule has 0 radical (unpaired) electrons. The SMILES string of the molecule is COc1cccc(NC(=O)CN2CN(c3ccccc3)C3(CCN(C(=O)NCc4ccccc4)CC3)C2=O)c1. The minimum Gasteiger partial charge on any atom is -0.497 e. The van der Waals surface area contributed by atoms with Crippen LogP contribution in [0.1, 0.15) is 18.4 Å². The van der Waals surface area contributed by atoms with Gasteiger partial charge in [-0.25, -0.2) is 4.79 Å². The fraction of sp³-hybridized carbons (Fsp3) is 0.300. The monoisotopic (exact) mass is 527 g/mol. The maximum Gasteiger partial charge on any atom is 0.317 e. The van der Waals surface area contributed by atoms with Gasteiger partial charge in [0.25, 0.3) is 5.91 Å². The van der Waals surface area contributed by atoms with E-state index in [4.69, 9.17) is 4.74 Å². The highest BCUT2D eigenvalue weighted by Gasteiger charge is 2.54. The molecule has 3 aromatic rings. The van der Waals surface area contributed by atoms with E-state index in [9.17, 15) is 14.4 Å². The summed E-state index contributed by atoms with van der Waals surface area (Å²) in [6, 6.07) is 26.5. The summed E-state index contributed by atoms with van der Waals surface area (Å²) in [4.78, 5) is 45.2. The molecule has 1 spiro atoms. The van der Waals surface area contributed by atoms with Crippen LogP contribution in [0.4, 0.5) is 16.2 Å². The summed E-state index contributed by atoms with van der Waals surface area (Å²) in [7, 11) is 1.57. The van der Waals surface area contributed by atoms with Crippen molar-refractivity contribution >= 4 is 29.2 Å². The van der Waals surface area contributed by atoms with Gasteiger partial charge in [0, 0.05) is 37.1 Å². The molecule has 2 aliphatic heterocycles. The Hall–Kier alpha value is -4.53. The van der Waals surface area contributed by atoms with Crippen LogP contribution in [0.2, 0.25) is 0 Å². The van der Waals surface area contributed by atoms with E-state index in [0.717, 1.165) is 11.3 Å². The number of nitrogens with zero attached hydrogens (tertiary/aromatic N) is 3. The van der Waals surface area contributed by atoms with E-state index < -0.39 is 5.54 Å². The summed E-state index contributed by atoms with van der Waals surface area (Å²) in [5.74, 6) is 0.273. The van der Waals surface area contributed by atoms with E-state index in [1.807, 2.05) is 60.7 Å². The number of rotatable bonds is 7. The van der Waals surface area contributed by atoms with Crippen LogP contribution in [-0.2, 0) is 16.1 Å². The fourth-order valence-electron chi connectivity index (χ4n) is 5.36. The maximum atomic E-state index is 13.9. The third-order valence-corrected chi connectivity index (χ3v) is 7.43. The number of piperidine rings is 1. The van der Waals surface area contributed by atoms with Crippen LogP contribution in [0.5, 0.6) is 5.75 Å². The third-order valence-electron chi connectivity index (χ3n) is 7.43. The second kappa shape index (κ2) is 11.5.